The molecule has 2 amide bonds. The number of carbonyl (C=O) groups excluding carboxylic acids is 2. The van der Waals surface area contributed by atoms with Gasteiger partial charge in [-0.25, -0.2) is 0 Å². The molecule has 0 radical (unpaired) electrons. The van der Waals surface area contributed by atoms with Gasteiger partial charge in [-0.1, -0.05) is 15.9 Å². The number of hydrogen-bond acceptors (Lipinski definition) is 3. The first-order chi connectivity index (χ1) is 12.0. The number of carbonyl (C=O) groups is 2. The van der Waals surface area contributed by atoms with Gasteiger partial charge in [0.2, 0.25) is 0 Å². The smallest absolute Gasteiger partial charge is 0.271 e. The maximum Gasteiger partial charge on any atom is 0.271 e. The average molecular weight is 401 g/mol. The van der Waals surface area contributed by atoms with Crippen LogP contribution in [0.2, 0.25) is 0 Å². The van der Waals surface area contributed by atoms with Crippen molar-refractivity contribution in [1.29, 1.82) is 0 Å². The van der Waals surface area contributed by atoms with Crippen LogP contribution in [0, 0.1) is 0 Å². The summed E-state index contributed by atoms with van der Waals surface area (Å²) in [5, 5.41) is 0.774. The summed E-state index contributed by atoms with van der Waals surface area (Å²) < 4.78 is 0.874. The zero-order valence-electron chi connectivity index (χ0n) is 13.8. The van der Waals surface area contributed by atoms with Crippen molar-refractivity contribution in [2.45, 2.75) is 0 Å². The van der Waals surface area contributed by atoms with Crippen LogP contribution in [0.5, 0.6) is 0 Å². The minimum Gasteiger partial charge on any atom is -0.378 e. The Hall–Kier alpha value is -2.80. The number of nitrogens with one attached hydrogen (secondary N) is 3. The van der Waals surface area contributed by atoms with Crippen molar-refractivity contribution in [1.82, 2.24) is 15.8 Å². The van der Waals surface area contributed by atoms with Gasteiger partial charge in [0.05, 0.1) is 5.56 Å². The van der Waals surface area contributed by atoms with Crippen molar-refractivity contribution in [2.24, 2.45) is 0 Å². The molecular formula is C18H17BrN4O2. The van der Waals surface area contributed by atoms with Crippen LogP contribution in [-0.4, -0.2) is 30.9 Å². The van der Waals surface area contributed by atoms with Gasteiger partial charge in [-0.3, -0.25) is 20.4 Å². The molecule has 3 N–H and O–H groups in total. The number of benzene rings is 2. The fourth-order valence-electron chi connectivity index (χ4n) is 2.44. The highest BCUT2D eigenvalue weighted by Gasteiger charge is 2.14. The second-order valence-corrected chi connectivity index (χ2v) is 6.66. The zero-order valence-corrected chi connectivity index (χ0v) is 15.3. The molecule has 128 valence electrons. The van der Waals surface area contributed by atoms with Gasteiger partial charge in [-0.05, 0) is 42.5 Å². The van der Waals surface area contributed by atoms with E-state index in [1.54, 1.807) is 18.3 Å². The molecule has 0 saturated heterocycles. The molecule has 1 aromatic heterocycles. The van der Waals surface area contributed by atoms with E-state index in [4.69, 9.17) is 0 Å². The molecule has 0 spiro atoms. The summed E-state index contributed by atoms with van der Waals surface area (Å²) in [5.41, 5.74) is 7.65. The number of halogens is 1. The number of fused-ring (bicyclic) bond motifs is 1. The van der Waals surface area contributed by atoms with Crippen LogP contribution in [0.15, 0.2) is 53.1 Å². The fraction of sp³-hybridized carbons (Fsp3) is 0.111. The number of H-pyrrole nitrogens is 1. The monoisotopic (exact) mass is 400 g/mol. The minimum absolute atomic E-state index is 0.375. The maximum absolute atomic E-state index is 12.3. The average Bonchev–Trinajstić information content (AvgIpc) is 3.02. The van der Waals surface area contributed by atoms with Gasteiger partial charge in [0.25, 0.3) is 11.8 Å². The van der Waals surface area contributed by atoms with Gasteiger partial charge in [0, 0.05) is 46.9 Å². The van der Waals surface area contributed by atoms with E-state index in [0.717, 1.165) is 21.1 Å². The second kappa shape index (κ2) is 6.98. The highest BCUT2D eigenvalue weighted by Crippen LogP contribution is 2.22. The van der Waals surface area contributed by atoms with Crippen molar-refractivity contribution >= 4 is 44.3 Å². The molecule has 2 aromatic carbocycles. The van der Waals surface area contributed by atoms with Crippen molar-refractivity contribution in [2.75, 3.05) is 19.0 Å². The van der Waals surface area contributed by atoms with Crippen LogP contribution in [0.1, 0.15) is 20.7 Å². The summed E-state index contributed by atoms with van der Waals surface area (Å²) in [7, 11) is 3.85. The first-order valence-electron chi connectivity index (χ1n) is 7.60. The van der Waals surface area contributed by atoms with Crippen molar-refractivity contribution in [3.8, 4) is 0 Å². The number of aromatic amines is 1. The Morgan fingerprint density at radius 2 is 1.68 bits per heavy atom. The zero-order chi connectivity index (χ0) is 18.0. The summed E-state index contributed by atoms with van der Waals surface area (Å²) in [6, 6.07) is 12.7. The Morgan fingerprint density at radius 1 is 1.00 bits per heavy atom. The largest absolute Gasteiger partial charge is 0.378 e. The van der Waals surface area contributed by atoms with Gasteiger partial charge >= 0.3 is 0 Å². The first-order valence-corrected chi connectivity index (χ1v) is 8.40. The van der Waals surface area contributed by atoms with Gasteiger partial charge < -0.3 is 9.88 Å². The lowest BCUT2D eigenvalue weighted by Crippen LogP contribution is -2.41. The van der Waals surface area contributed by atoms with Crippen LogP contribution >= 0.6 is 15.9 Å². The van der Waals surface area contributed by atoms with E-state index >= 15 is 0 Å². The molecule has 0 unspecified atom stereocenters. The molecule has 0 aliphatic rings. The Kier molecular flexibility index (Phi) is 4.76. The molecule has 0 aliphatic heterocycles. The molecule has 0 fully saturated rings. The molecule has 0 aliphatic carbocycles. The molecule has 3 rings (SSSR count). The lowest BCUT2D eigenvalue weighted by molar-refractivity contribution is 0.0847. The van der Waals surface area contributed by atoms with E-state index < -0.39 is 0 Å². The predicted octanol–water partition coefficient (Wildman–Crippen LogP) is 3.07. The minimum atomic E-state index is -0.386. The number of anilines is 1. The number of hydrazine groups is 1. The number of aromatic nitrogens is 1. The molecule has 25 heavy (non-hydrogen) atoms. The Morgan fingerprint density at radius 3 is 2.36 bits per heavy atom. The predicted molar refractivity (Wildman–Crippen MR) is 102 cm³/mol. The van der Waals surface area contributed by atoms with E-state index in [9.17, 15) is 9.59 Å². The summed E-state index contributed by atoms with van der Waals surface area (Å²) in [4.78, 5) is 29.5. The SMILES string of the molecule is CN(C)c1ccc(C(=O)NNC(=O)c2c[nH]c3ccc(Br)cc23)cc1. The Bertz CT molecular complexity index is 932. The molecule has 0 saturated carbocycles. The van der Waals surface area contributed by atoms with Crippen LogP contribution < -0.4 is 15.8 Å². The number of rotatable bonds is 3. The fourth-order valence-corrected chi connectivity index (χ4v) is 2.81. The number of nitrogens with zero attached hydrogens (tertiary/aromatic N) is 1. The molecule has 3 aromatic rings. The van der Waals surface area contributed by atoms with E-state index in [-0.39, 0.29) is 11.8 Å². The second-order valence-electron chi connectivity index (χ2n) is 5.74. The van der Waals surface area contributed by atoms with E-state index in [0.29, 0.717) is 11.1 Å². The van der Waals surface area contributed by atoms with Gasteiger partial charge in [-0.2, -0.15) is 0 Å². The highest BCUT2D eigenvalue weighted by atomic mass is 79.9. The standard InChI is InChI=1S/C18H17BrN4O2/c1-23(2)13-6-3-11(4-7-13)17(24)21-22-18(25)15-10-20-16-8-5-12(19)9-14(15)16/h3-10,20H,1-2H3,(H,21,24)(H,22,25). The molecule has 7 heteroatoms. The molecule has 1 heterocycles. The third-order valence-electron chi connectivity index (χ3n) is 3.82. The molecule has 0 atom stereocenters. The first kappa shape index (κ1) is 17.0. The van der Waals surface area contributed by atoms with Crippen LogP contribution in [0.4, 0.5) is 5.69 Å². The third kappa shape index (κ3) is 3.66. The highest BCUT2D eigenvalue weighted by molar-refractivity contribution is 9.10. The van der Waals surface area contributed by atoms with E-state index in [1.165, 1.54) is 0 Å². The number of amides is 2. The van der Waals surface area contributed by atoms with Crippen LogP contribution in [0.3, 0.4) is 0 Å². The van der Waals surface area contributed by atoms with Crippen molar-refractivity contribution in [3.05, 3.63) is 64.3 Å². The van der Waals surface area contributed by atoms with Gasteiger partial charge in [-0.15, -0.1) is 0 Å². The van der Waals surface area contributed by atoms with Crippen molar-refractivity contribution in [3.63, 3.8) is 0 Å². The van der Waals surface area contributed by atoms with E-state index in [2.05, 4.69) is 31.8 Å². The normalized spacial score (nSPS) is 10.5. The molecule has 6 nitrogen and oxygen atoms in total. The van der Waals surface area contributed by atoms with Crippen LogP contribution in [-0.2, 0) is 0 Å². The topological polar surface area (TPSA) is 77.2 Å². The van der Waals surface area contributed by atoms with Crippen LogP contribution in [0.25, 0.3) is 10.9 Å². The summed E-state index contributed by atoms with van der Waals surface area (Å²) in [6.07, 6.45) is 1.62. The summed E-state index contributed by atoms with van der Waals surface area (Å²) >= 11 is 3.39. The molecule has 0 bridgehead atoms. The number of hydrogen-bond donors (Lipinski definition) is 3. The lowest BCUT2D eigenvalue weighted by Gasteiger charge is -2.12. The summed E-state index contributed by atoms with van der Waals surface area (Å²) in [5.74, 6) is -0.762. The van der Waals surface area contributed by atoms with Gasteiger partial charge in [0.15, 0.2) is 0 Å². The molecular weight excluding hydrogens is 384 g/mol. The Labute approximate surface area is 153 Å². The maximum atomic E-state index is 12.3. The third-order valence-corrected chi connectivity index (χ3v) is 4.32. The van der Waals surface area contributed by atoms with Gasteiger partial charge in [0.1, 0.15) is 0 Å². The summed E-state index contributed by atoms with van der Waals surface area (Å²) in [6.45, 7) is 0. The quantitative estimate of drug-likeness (QED) is 0.591. The van der Waals surface area contributed by atoms with Crippen molar-refractivity contribution < 1.29 is 9.59 Å². The van der Waals surface area contributed by atoms with E-state index in [1.807, 2.05) is 49.3 Å². The lowest BCUT2D eigenvalue weighted by atomic mass is 10.1. The Balaban J connectivity index is 1.68.